The summed E-state index contributed by atoms with van der Waals surface area (Å²) in [5.74, 6) is 4.70. The van der Waals surface area contributed by atoms with Gasteiger partial charge >= 0.3 is 0 Å². The van der Waals surface area contributed by atoms with E-state index < -0.39 is 11.7 Å². The van der Waals surface area contributed by atoms with Gasteiger partial charge < -0.3 is 15.8 Å². The number of ether oxygens (including phenoxy) is 1. The van der Waals surface area contributed by atoms with Gasteiger partial charge in [-0.15, -0.1) is 0 Å². The smallest absolute Gasteiger partial charge is 0.254 e. The molecule has 1 unspecified atom stereocenters. The molecule has 1 amide bonds. The molecule has 1 aromatic carbocycles. The standard InChI is InChI=1S/C16H19FN2O2/c17-15-9-12(3-1-7-18)5-6-14(15)16(20)19-10-13-4-2-8-21-11-13/h5-6,9,13H,2,4,7-8,10-11,18H2,(H,19,20). The van der Waals surface area contributed by atoms with E-state index in [9.17, 15) is 9.18 Å². The summed E-state index contributed by atoms with van der Waals surface area (Å²) < 4.78 is 19.3. The van der Waals surface area contributed by atoms with Crippen LogP contribution in [0, 0.1) is 23.6 Å². The van der Waals surface area contributed by atoms with Crippen molar-refractivity contribution in [1.82, 2.24) is 5.32 Å². The Bertz CT molecular complexity index is 557. The first-order valence-corrected chi connectivity index (χ1v) is 7.05. The molecule has 2 rings (SSSR count). The number of carbonyl (C=O) groups excluding carboxylic acids is 1. The normalized spacial score (nSPS) is 17.7. The van der Waals surface area contributed by atoms with Gasteiger partial charge in [-0.1, -0.05) is 11.8 Å². The highest BCUT2D eigenvalue weighted by molar-refractivity contribution is 5.94. The predicted molar refractivity (Wildman–Crippen MR) is 78.2 cm³/mol. The molecule has 0 spiro atoms. The largest absolute Gasteiger partial charge is 0.381 e. The molecule has 3 N–H and O–H groups in total. The average molecular weight is 290 g/mol. The lowest BCUT2D eigenvalue weighted by molar-refractivity contribution is 0.0536. The minimum atomic E-state index is -0.573. The first-order valence-electron chi connectivity index (χ1n) is 7.05. The van der Waals surface area contributed by atoms with E-state index >= 15 is 0 Å². The van der Waals surface area contributed by atoms with Crippen LogP contribution in [-0.4, -0.2) is 32.2 Å². The fourth-order valence-corrected chi connectivity index (χ4v) is 2.23. The lowest BCUT2D eigenvalue weighted by atomic mass is 10.0. The Balaban J connectivity index is 1.95. The first-order chi connectivity index (χ1) is 10.2. The topological polar surface area (TPSA) is 64.4 Å². The minimum absolute atomic E-state index is 0.0324. The van der Waals surface area contributed by atoms with Gasteiger partial charge in [-0.3, -0.25) is 4.79 Å². The predicted octanol–water partition coefficient (Wildman–Crippen LogP) is 1.29. The van der Waals surface area contributed by atoms with Gasteiger partial charge in [0.15, 0.2) is 0 Å². The highest BCUT2D eigenvalue weighted by Gasteiger charge is 2.17. The van der Waals surface area contributed by atoms with Crippen molar-refractivity contribution < 1.29 is 13.9 Å². The maximum atomic E-state index is 13.9. The molecule has 1 aliphatic rings. The van der Waals surface area contributed by atoms with Gasteiger partial charge in [-0.25, -0.2) is 4.39 Å². The maximum absolute atomic E-state index is 13.9. The van der Waals surface area contributed by atoms with Crippen LogP contribution in [0.1, 0.15) is 28.8 Å². The van der Waals surface area contributed by atoms with E-state index in [0.717, 1.165) is 19.4 Å². The van der Waals surface area contributed by atoms with Gasteiger partial charge in [0.1, 0.15) is 5.82 Å². The molecule has 1 atom stereocenters. The molecule has 0 bridgehead atoms. The molecule has 4 nitrogen and oxygen atoms in total. The molecule has 1 heterocycles. The third-order valence-electron chi connectivity index (χ3n) is 3.35. The summed E-state index contributed by atoms with van der Waals surface area (Å²) in [7, 11) is 0. The van der Waals surface area contributed by atoms with Gasteiger partial charge in [0.2, 0.25) is 0 Å². The lowest BCUT2D eigenvalue weighted by Crippen LogP contribution is -2.33. The quantitative estimate of drug-likeness (QED) is 0.825. The molecule has 0 aromatic heterocycles. The molecule has 1 aromatic rings. The molecule has 21 heavy (non-hydrogen) atoms. The third kappa shape index (κ3) is 4.55. The Hall–Kier alpha value is -1.90. The van der Waals surface area contributed by atoms with Crippen molar-refractivity contribution in [2.24, 2.45) is 11.7 Å². The minimum Gasteiger partial charge on any atom is -0.381 e. The number of carbonyl (C=O) groups is 1. The van der Waals surface area contributed by atoms with Crippen molar-refractivity contribution in [3.05, 3.63) is 35.1 Å². The fourth-order valence-electron chi connectivity index (χ4n) is 2.23. The van der Waals surface area contributed by atoms with Crippen LogP contribution in [0.15, 0.2) is 18.2 Å². The van der Waals surface area contributed by atoms with Crippen molar-refractivity contribution >= 4 is 5.91 Å². The number of halogens is 1. The highest BCUT2D eigenvalue weighted by atomic mass is 19.1. The van der Waals surface area contributed by atoms with E-state index in [1.54, 1.807) is 6.07 Å². The van der Waals surface area contributed by atoms with E-state index in [2.05, 4.69) is 17.2 Å². The third-order valence-corrected chi connectivity index (χ3v) is 3.35. The van der Waals surface area contributed by atoms with E-state index in [1.165, 1.54) is 12.1 Å². The van der Waals surface area contributed by atoms with Crippen LogP contribution in [0.5, 0.6) is 0 Å². The van der Waals surface area contributed by atoms with Crippen molar-refractivity contribution in [3.8, 4) is 11.8 Å². The zero-order valence-corrected chi connectivity index (χ0v) is 11.8. The molecule has 112 valence electrons. The molecular weight excluding hydrogens is 271 g/mol. The number of amides is 1. The highest BCUT2D eigenvalue weighted by Crippen LogP contribution is 2.13. The Morgan fingerprint density at radius 2 is 2.38 bits per heavy atom. The number of hydrogen-bond donors (Lipinski definition) is 2. The molecule has 0 aliphatic carbocycles. The fraction of sp³-hybridized carbons (Fsp3) is 0.438. The summed E-state index contributed by atoms with van der Waals surface area (Å²) >= 11 is 0. The maximum Gasteiger partial charge on any atom is 0.254 e. The van der Waals surface area contributed by atoms with Crippen LogP contribution in [-0.2, 0) is 4.74 Å². The Morgan fingerprint density at radius 1 is 1.52 bits per heavy atom. The average Bonchev–Trinajstić information content (AvgIpc) is 2.51. The summed E-state index contributed by atoms with van der Waals surface area (Å²) in [4.78, 5) is 12.0. The molecule has 5 heteroatoms. The second kappa shape index (κ2) is 7.77. The van der Waals surface area contributed by atoms with Crippen LogP contribution >= 0.6 is 0 Å². The summed E-state index contributed by atoms with van der Waals surface area (Å²) in [6.45, 7) is 2.15. The summed E-state index contributed by atoms with van der Waals surface area (Å²) in [6, 6.07) is 4.31. The van der Waals surface area contributed by atoms with Gasteiger partial charge in [-0.05, 0) is 37.0 Å². The van der Waals surface area contributed by atoms with E-state index in [1.807, 2.05) is 0 Å². The van der Waals surface area contributed by atoms with Crippen LogP contribution in [0.4, 0.5) is 4.39 Å². The van der Waals surface area contributed by atoms with Gasteiger partial charge in [-0.2, -0.15) is 0 Å². The van der Waals surface area contributed by atoms with Crippen molar-refractivity contribution in [2.45, 2.75) is 12.8 Å². The number of nitrogens with two attached hydrogens (primary N) is 1. The van der Waals surface area contributed by atoms with Crippen molar-refractivity contribution in [2.75, 3.05) is 26.3 Å². The van der Waals surface area contributed by atoms with Crippen molar-refractivity contribution in [3.63, 3.8) is 0 Å². The van der Waals surface area contributed by atoms with E-state index in [-0.39, 0.29) is 12.1 Å². The van der Waals surface area contributed by atoms with Gasteiger partial charge in [0.25, 0.3) is 5.91 Å². The number of nitrogens with one attached hydrogen (secondary N) is 1. The van der Waals surface area contributed by atoms with Crippen LogP contribution < -0.4 is 11.1 Å². The molecule has 1 aliphatic heterocycles. The molecule has 1 fully saturated rings. The zero-order chi connectivity index (χ0) is 15.1. The van der Waals surface area contributed by atoms with Gasteiger partial charge in [0.05, 0.1) is 18.7 Å². The monoisotopic (exact) mass is 290 g/mol. The Labute approximate surface area is 123 Å². The summed E-state index contributed by atoms with van der Waals surface area (Å²) in [5, 5.41) is 2.76. The second-order valence-corrected chi connectivity index (χ2v) is 4.99. The number of rotatable bonds is 3. The summed E-state index contributed by atoms with van der Waals surface area (Å²) in [5.41, 5.74) is 5.80. The Morgan fingerprint density at radius 3 is 3.05 bits per heavy atom. The van der Waals surface area contributed by atoms with Crippen LogP contribution in [0.3, 0.4) is 0 Å². The molecule has 0 saturated carbocycles. The first kappa shape index (κ1) is 15.5. The van der Waals surface area contributed by atoms with Crippen LogP contribution in [0.25, 0.3) is 0 Å². The lowest BCUT2D eigenvalue weighted by Gasteiger charge is -2.22. The number of benzene rings is 1. The molecule has 1 saturated heterocycles. The summed E-state index contributed by atoms with van der Waals surface area (Å²) in [6.07, 6.45) is 2.03. The van der Waals surface area contributed by atoms with Gasteiger partial charge in [0, 0.05) is 18.7 Å². The Kier molecular flexibility index (Phi) is 5.73. The SMILES string of the molecule is NCC#Cc1ccc(C(=O)NCC2CCCOC2)c(F)c1. The van der Waals surface area contributed by atoms with Crippen LogP contribution in [0.2, 0.25) is 0 Å². The molecule has 0 radical (unpaired) electrons. The van der Waals surface area contributed by atoms with Crippen molar-refractivity contribution in [1.29, 1.82) is 0 Å². The van der Waals surface area contributed by atoms with E-state index in [0.29, 0.717) is 24.6 Å². The second-order valence-electron chi connectivity index (χ2n) is 4.99. The number of hydrogen-bond acceptors (Lipinski definition) is 3. The molecular formula is C16H19FN2O2. The zero-order valence-electron chi connectivity index (χ0n) is 11.8. The van der Waals surface area contributed by atoms with E-state index in [4.69, 9.17) is 10.5 Å².